The molecule has 1 aliphatic carbocycles. The van der Waals surface area contributed by atoms with Crippen LogP contribution in [0.5, 0.6) is 5.75 Å². The molecule has 36 heavy (non-hydrogen) atoms. The molecule has 0 bridgehead atoms. The Bertz CT molecular complexity index is 1100. The van der Waals surface area contributed by atoms with Crippen molar-refractivity contribution in [2.24, 2.45) is 0 Å². The summed E-state index contributed by atoms with van der Waals surface area (Å²) in [5.41, 5.74) is 0.260. The number of carbonyl (C=O) groups excluding carboxylic acids is 2. The van der Waals surface area contributed by atoms with Gasteiger partial charge < -0.3 is 24.7 Å². The van der Waals surface area contributed by atoms with Crippen molar-refractivity contribution in [2.45, 2.75) is 83.0 Å². The highest BCUT2D eigenvalue weighted by Gasteiger charge is 2.23. The summed E-state index contributed by atoms with van der Waals surface area (Å²) >= 11 is 0. The first-order valence-corrected chi connectivity index (χ1v) is 13.1. The second kappa shape index (κ2) is 12.7. The first kappa shape index (κ1) is 25.9. The maximum absolute atomic E-state index is 13.3. The van der Waals surface area contributed by atoms with Crippen LogP contribution < -0.4 is 20.8 Å². The molecule has 0 spiro atoms. The molecule has 0 radical (unpaired) electrons. The van der Waals surface area contributed by atoms with Crippen molar-refractivity contribution in [3.8, 4) is 5.75 Å². The number of pyridine rings is 1. The van der Waals surface area contributed by atoms with Crippen LogP contribution in [0.15, 0.2) is 41.5 Å². The molecule has 2 aromatic rings. The average molecular weight is 496 g/mol. The van der Waals surface area contributed by atoms with Gasteiger partial charge >= 0.3 is 0 Å². The number of carbonyl (C=O) groups is 2. The molecule has 1 aliphatic heterocycles. The van der Waals surface area contributed by atoms with Crippen LogP contribution in [0.25, 0.3) is 0 Å². The molecule has 2 N–H and O–H groups in total. The molecular formula is C28H37N3O5. The Balaban J connectivity index is 1.55. The first-order valence-electron chi connectivity index (χ1n) is 13.1. The number of methoxy groups -OCH3 is 1. The van der Waals surface area contributed by atoms with E-state index in [-0.39, 0.29) is 29.8 Å². The molecule has 2 fully saturated rings. The molecule has 1 aromatic carbocycles. The molecule has 194 valence electrons. The summed E-state index contributed by atoms with van der Waals surface area (Å²) in [4.78, 5) is 39.7. The Hall–Kier alpha value is -3.13. The molecule has 1 saturated carbocycles. The SMILES string of the molecule is COc1cccc(CNC(=O)c2cn(CC3CCCO3)cc(C(=O)NC3CCCCCCC3)c2=O)c1. The van der Waals surface area contributed by atoms with Gasteiger partial charge in [0.2, 0.25) is 5.43 Å². The minimum atomic E-state index is -0.551. The third-order valence-corrected chi connectivity index (χ3v) is 7.03. The second-order valence-electron chi connectivity index (χ2n) is 9.80. The van der Waals surface area contributed by atoms with Crippen molar-refractivity contribution < 1.29 is 19.1 Å². The molecule has 1 aromatic heterocycles. The summed E-state index contributed by atoms with van der Waals surface area (Å²) in [7, 11) is 1.58. The zero-order valence-corrected chi connectivity index (χ0v) is 21.1. The monoisotopic (exact) mass is 495 g/mol. The van der Waals surface area contributed by atoms with Gasteiger partial charge in [-0.3, -0.25) is 14.4 Å². The second-order valence-corrected chi connectivity index (χ2v) is 9.80. The fraction of sp³-hybridized carbons (Fsp3) is 0.536. The van der Waals surface area contributed by atoms with Crippen LogP contribution in [0.3, 0.4) is 0 Å². The third kappa shape index (κ3) is 6.97. The zero-order chi connectivity index (χ0) is 25.3. The zero-order valence-electron chi connectivity index (χ0n) is 21.1. The smallest absolute Gasteiger partial charge is 0.257 e. The Labute approximate surface area is 212 Å². The summed E-state index contributed by atoms with van der Waals surface area (Å²) in [5, 5.41) is 5.89. The summed E-state index contributed by atoms with van der Waals surface area (Å²) < 4.78 is 12.7. The molecule has 2 amide bonds. The van der Waals surface area contributed by atoms with Gasteiger partial charge in [0.15, 0.2) is 0 Å². The number of aromatic nitrogens is 1. The highest BCUT2D eigenvalue weighted by atomic mass is 16.5. The van der Waals surface area contributed by atoms with Crippen LogP contribution in [0.1, 0.15) is 84.1 Å². The van der Waals surface area contributed by atoms with Crippen LogP contribution in [-0.4, -0.2) is 42.2 Å². The first-order chi connectivity index (χ1) is 17.5. The van der Waals surface area contributed by atoms with Gasteiger partial charge in [0.05, 0.1) is 13.2 Å². The maximum Gasteiger partial charge on any atom is 0.257 e. The van der Waals surface area contributed by atoms with Gasteiger partial charge in [0, 0.05) is 38.1 Å². The lowest BCUT2D eigenvalue weighted by Crippen LogP contribution is -2.40. The van der Waals surface area contributed by atoms with Crippen molar-refractivity contribution in [3.05, 3.63) is 63.6 Å². The topological polar surface area (TPSA) is 98.7 Å². The van der Waals surface area contributed by atoms with Crippen LogP contribution in [-0.2, 0) is 17.8 Å². The minimum Gasteiger partial charge on any atom is -0.497 e. The molecular weight excluding hydrogens is 458 g/mol. The standard InChI is InChI=1S/C28H37N3O5/c1-35-22-12-7-9-20(15-22)16-29-27(33)24-18-31(17-23-13-8-14-36-23)19-25(26(24)32)28(34)30-21-10-5-3-2-4-6-11-21/h7,9,12,15,18-19,21,23H,2-6,8,10-11,13-14,16-17H2,1H3,(H,29,33)(H,30,34). The highest BCUT2D eigenvalue weighted by molar-refractivity contribution is 5.99. The van der Waals surface area contributed by atoms with Gasteiger partial charge in [0.25, 0.3) is 11.8 Å². The van der Waals surface area contributed by atoms with Gasteiger partial charge in [-0.1, -0.05) is 44.2 Å². The van der Waals surface area contributed by atoms with Crippen molar-refractivity contribution in [1.82, 2.24) is 15.2 Å². The quantitative estimate of drug-likeness (QED) is 0.580. The number of nitrogens with one attached hydrogen (secondary N) is 2. The van der Waals surface area contributed by atoms with Crippen molar-refractivity contribution >= 4 is 11.8 Å². The largest absolute Gasteiger partial charge is 0.497 e. The Morgan fingerprint density at radius 3 is 2.42 bits per heavy atom. The van der Waals surface area contributed by atoms with E-state index >= 15 is 0 Å². The van der Waals surface area contributed by atoms with Crippen molar-refractivity contribution in [2.75, 3.05) is 13.7 Å². The molecule has 8 nitrogen and oxygen atoms in total. The van der Waals surface area contributed by atoms with E-state index in [9.17, 15) is 14.4 Å². The lowest BCUT2D eigenvalue weighted by Gasteiger charge is -2.21. The molecule has 1 atom stereocenters. The summed E-state index contributed by atoms with van der Waals surface area (Å²) in [6, 6.07) is 7.42. The average Bonchev–Trinajstić information content (AvgIpc) is 3.38. The van der Waals surface area contributed by atoms with Crippen molar-refractivity contribution in [1.29, 1.82) is 0 Å². The van der Waals surface area contributed by atoms with E-state index in [4.69, 9.17) is 9.47 Å². The highest BCUT2D eigenvalue weighted by Crippen LogP contribution is 2.18. The number of hydrogen-bond donors (Lipinski definition) is 2. The molecule has 2 heterocycles. The van der Waals surface area contributed by atoms with Crippen LogP contribution in [0, 0.1) is 0 Å². The predicted octanol–water partition coefficient (Wildman–Crippen LogP) is 3.81. The van der Waals surface area contributed by atoms with E-state index in [2.05, 4.69) is 10.6 Å². The van der Waals surface area contributed by atoms with Gasteiger partial charge in [-0.05, 0) is 43.4 Å². The minimum absolute atomic E-state index is 0.00159. The number of nitrogens with zero attached hydrogens (tertiary/aromatic N) is 1. The molecule has 1 saturated heterocycles. The summed E-state index contributed by atoms with van der Waals surface area (Å²) in [6.07, 6.45) is 12.5. The number of hydrogen-bond acceptors (Lipinski definition) is 5. The normalized spacial score (nSPS) is 18.8. The molecule has 1 unspecified atom stereocenters. The van der Waals surface area contributed by atoms with E-state index < -0.39 is 17.2 Å². The Morgan fingerprint density at radius 1 is 1.00 bits per heavy atom. The van der Waals surface area contributed by atoms with E-state index in [0.717, 1.165) is 44.1 Å². The number of amides is 2. The van der Waals surface area contributed by atoms with E-state index in [1.54, 1.807) is 17.9 Å². The van der Waals surface area contributed by atoms with Gasteiger partial charge in [-0.15, -0.1) is 0 Å². The van der Waals surface area contributed by atoms with Crippen molar-refractivity contribution in [3.63, 3.8) is 0 Å². The number of benzene rings is 1. The Morgan fingerprint density at radius 2 is 1.72 bits per heavy atom. The predicted molar refractivity (Wildman–Crippen MR) is 137 cm³/mol. The van der Waals surface area contributed by atoms with E-state index in [1.165, 1.54) is 25.5 Å². The molecule has 2 aliphatic rings. The van der Waals surface area contributed by atoms with E-state index in [1.807, 2.05) is 24.3 Å². The Kier molecular flexibility index (Phi) is 9.17. The molecule has 4 rings (SSSR count). The van der Waals surface area contributed by atoms with Crippen LogP contribution in [0.2, 0.25) is 0 Å². The van der Waals surface area contributed by atoms with Crippen LogP contribution >= 0.6 is 0 Å². The fourth-order valence-corrected chi connectivity index (χ4v) is 5.01. The lowest BCUT2D eigenvalue weighted by atomic mass is 9.96. The fourth-order valence-electron chi connectivity index (χ4n) is 5.01. The van der Waals surface area contributed by atoms with Gasteiger partial charge in [-0.2, -0.15) is 0 Å². The molecule has 8 heteroatoms. The maximum atomic E-state index is 13.3. The summed E-state index contributed by atoms with van der Waals surface area (Å²) in [6.45, 7) is 1.42. The van der Waals surface area contributed by atoms with Crippen LogP contribution in [0.4, 0.5) is 0 Å². The van der Waals surface area contributed by atoms with E-state index in [0.29, 0.717) is 18.9 Å². The van der Waals surface area contributed by atoms with Gasteiger partial charge in [0.1, 0.15) is 16.9 Å². The number of rotatable bonds is 8. The summed E-state index contributed by atoms with van der Waals surface area (Å²) in [5.74, 6) is -0.229. The van der Waals surface area contributed by atoms with Gasteiger partial charge in [-0.25, -0.2) is 0 Å². The number of ether oxygens (including phenoxy) is 2. The third-order valence-electron chi connectivity index (χ3n) is 7.03. The lowest BCUT2D eigenvalue weighted by molar-refractivity contribution is 0.0914.